The number of hydrogen-bond donors (Lipinski definition) is 0. The van der Waals surface area contributed by atoms with Crippen molar-refractivity contribution in [1.82, 2.24) is 0 Å². The molecule has 0 N–H and O–H groups in total. The van der Waals surface area contributed by atoms with Crippen molar-refractivity contribution in [2.75, 3.05) is 0 Å². The van der Waals surface area contributed by atoms with Gasteiger partial charge in [-0.15, -0.1) is 0 Å². The molecule has 2 nitrogen and oxygen atoms in total. The van der Waals surface area contributed by atoms with Crippen molar-refractivity contribution < 1.29 is 0 Å². The van der Waals surface area contributed by atoms with Crippen LogP contribution in [0.1, 0.15) is 116 Å². The second-order valence-electron chi connectivity index (χ2n) is 9.41. The number of rotatable bonds is 16. The Morgan fingerprint density at radius 3 is 1.00 bits per heavy atom. The molecule has 2 rings (SSSR count). The minimum atomic E-state index is -0.217. The number of azo groups is 1. The zero-order chi connectivity index (χ0) is 23.1. The lowest BCUT2D eigenvalue weighted by Crippen LogP contribution is -2.28. The Balaban J connectivity index is 2.59. The average Bonchev–Trinajstić information content (AvgIpc) is 2.86. The third-order valence-electron chi connectivity index (χ3n) is 6.83. The number of hydrogen-bond acceptors (Lipinski definition) is 2. The minimum absolute atomic E-state index is 0.217. The summed E-state index contributed by atoms with van der Waals surface area (Å²) in [6.07, 6.45) is 13.8. The van der Waals surface area contributed by atoms with Crippen LogP contribution in [0.5, 0.6) is 0 Å². The van der Waals surface area contributed by atoms with E-state index in [0.717, 1.165) is 25.7 Å². The molecule has 0 unspecified atom stereocenters. The van der Waals surface area contributed by atoms with Gasteiger partial charge in [0, 0.05) is 0 Å². The molecule has 0 atom stereocenters. The van der Waals surface area contributed by atoms with Crippen molar-refractivity contribution in [2.45, 2.75) is 116 Å². The summed E-state index contributed by atoms with van der Waals surface area (Å²) >= 11 is 0. The number of benzene rings is 2. The van der Waals surface area contributed by atoms with Crippen LogP contribution in [0.3, 0.4) is 0 Å². The van der Waals surface area contributed by atoms with Crippen molar-refractivity contribution in [1.29, 1.82) is 0 Å². The lowest BCUT2D eigenvalue weighted by molar-refractivity contribution is 0.283. The first-order valence-electron chi connectivity index (χ1n) is 13.2. The Kier molecular flexibility index (Phi) is 11.7. The Morgan fingerprint density at radius 1 is 0.469 bits per heavy atom. The molecule has 2 aromatic rings. The second kappa shape index (κ2) is 14.2. The zero-order valence-electron chi connectivity index (χ0n) is 21.2. The summed E-state index contributed by atoms with van der Waals surface area (Å²) in [6.45, 7) is 9.12. The lowest BCUT2D eigenvalue weighted by Gasteiger charge is -2.34. The van der Waals surface area contributed by atoms with E-state index in [1.54, 1.807) is 0 Å². The molecule has 0 bridgehead atoms. The van der Waals surface area contributed by atoms with E-state index in [4.69, 9.17) is 10.2 Å². The highest BCUT2D eigenvalue weighted by Gasteiger charge is 2.35. The normalized spacial score (nSPS) is 12.5. The van der Waals surface area contributed by atoms with Crippen LogP contribution in [0, 0.1) is 0 Å². The highest BCUT2D eigenvalue weighted by molar-refractivity contribution is 5.27. The SMILES string of the molecule is CCCCC(CCCC)(N=NC(CCCC)(CCCC)c1ccccc1)c1ccccc1. The highest BCUT2D eigenvalue weighted by atomic mass is 15.2. The van der Waals surface area contributed by atoms with Gasteiger partial charge in [0.25, 0.3) is 0 Å². The highest BCUT2D eigenvalue weighted by Crippen LogP contribution is 2.42. The first kappa shape index (κ1) is 26.3. The van der Waals surface area contributed by atoms with Crippen molar-refractivity contribution in [3.05, 3.63) is 71.8 Å². The van der Waals surface area contributed by atoms with Gasteiger partial charge in [0.05, 0.1) is 0 Å². The summed E-state index contributed by atoms with van der Waals surface area (Å²) in [5.74, 6) is 0. The van der Waals surface area contributed by atoms with Gasteiger partial charge >= 0.3 is 0 Å². The van der Waals surface area contributed by atoms with Gasteiger partial charge in [0.2, 0.25) is 0 Å². The van der Waals surface area contributed by atoms with Crippen LogP contribution >= 0.6 is 0 Å². The van der Waals surface area contributed by atoms with E-state index in [9.17, 15) is 0 Å². The maximum Gasteiger partial charge on any atom is 0.106 e. The molecule has 0 aromatic heterocycles. The Hall–Kier alpha value is -1.96. The van der Waals surface area contributed by atoms with Crippen LogP contribution in [-0.4, -0.2) is 0 Å². The van der Waals surface area contributed by atoms with Gasteiger partial charge in [-0.1, -0.05) is 140 Å². The molecule has 32 heavy (non-hydrogen) atoms. The van der Waals surface area contributed by atoms with Gasteiger partial charge in [-0.25, -0.2) is 0 Å². The molecule has 2 aromatic carbocycles. The van der Waals surface area contributed by atoms with E-state index < -0.39 is 0 Å². The molecule has 0 amide bonds. The summed E-state index contributed by atoms with van der Waals surface area (Å²) in [7, 11) is 0. The zero-order valence-corrected chi connectivity index (χ0v) is 21.2. The van der Waals surface area contributed by atoms with Crippen LogP contribution in [0.25, 0.3) is 0 Å². The molecule has 0 saturated heterocycles. The summed E-state index contributed by atoms with van der Waals surface area (Å²) in [5.41, 5.74) is 2.23. The van der Waals surface area contributed by atoms with E-state index in [1.165, 1.54) is 62.5 Å². The number of unbranched alkanes of at least 4 members (excludes halogenated alkanes) is 4. The first-order chi connectivity index (χ1) is 15.7. The minimum Gasteiger partial charge on any atom is -0.182 e. The van der Waals surface area contributed by atoms with Crippen molar-refractivity contribution in [3.8, 4) is 0 Å². The fourth-order valence-corrected chi connectivity index (χ4v) is 4.71. The summed E-state index contributed by atoms with van der Waals surface area (Å²) in [4.78, 5) is 0. The maximum absolute atomic E-state index is 5.38. The van der Waals surface area contributed by atoms with Crippen molar-refractivity contribution in [3.63, 3.8) is 0 Å². The van der Waals surface area contributed by atoms with E-state index in [-0.39, 0.29) is 11.1 Å². The van der Waals surface area contributed by atoms with Crippen LogP contribution in [0.2, 0.25) is 0 Å². The average molecular weight is 435 g/mol. The molecule has 0 heterocycles. The molecular formula is C30H46N2. The van der Waals surface area contributed by atoms with Gasteiger partial charge in [-0.2, -0.15) is 10.2 Å². The quantitative estimate of drug-likeness (QED) is 0.235. The Morgan fingerprint density at radius 2 is 0.750 bits per heavy atom. The summed E-state index contributed by atoms with van der Waals surface area (Å²) in [5, 5.41) is 10.8. The van der Waals surface area contributed by atoms with Gasteiger partial charge in [0.15, 0.2) is 0 Å². The largest absolute Gasteiger partial charge is 0.182 e. The standard InChI is InChI=1S/C30H46N2/c1-5-9-23-29(24-10-6-2,27-19-15-13-16-20-27)31-32-30(25-11-7-3,26-12-8-4)28-21-17-14-18-22-28/h13-22H,5-12,23-26H2,1-4H3. The third-order valence-corrected chi connectivity index (χ3v) is 6.83. The fraction of sp³-hybridized carbons (Fsp3) is 0.600. The Labute approximate surface area is 198 Å². The molecule has 0 spiro atoms. The van der Waals surface area contributed by atoms with Crippen LogP contribution < -0.4 is 0 Å². The van der Waals surface area contributed by atoms with Crippen molar-refractivity contribution in [2.24, 2.45) is 10.2 Å². The molecule has 2 heteroatoms. The van der Waals surface area contributed by atoms with Gasteiger partial charge in [-0.05, 0) is 36.8 Å². The predicted octanol–water partition coefficient (Wildman–Crippen LogP) is 9.99. The lowest BCUT2D eigenvalue weighted by atomic mass is 9.80. The second-order valence-corrected chi connectivity index (χ2v) is 9.41. The van der Waals surface area contributed by atoms with Gasteiger partial charge in [0.1, 0.15) is 11.1 Å². The van der Waals surface area contributed by atoms with Crippen LogP contribution in [0.15, 0.2) is 70.9 Å². The molecule has 0 radical (unpaired) electrons. The fourth-order valence-electron chi connectivity index (χ4n) is 4.71. The van der Waals surface area contributed by atoms with E-state index >= 15 is 0 Å². The van der Waals surface area contributed by atoms with E-state index in [0.29, 0.717) is 0 Å². The molecule has 0 fully saturated rings. The van der Waals surface area contributed by atoms with E-state index in [2.05, 4.69) is 88.4 Å². The van der Waals surface area contributed by atoms with Gasteiger partial charge in [-0.3, -0.25) is 0 Å². The maximum atomic E-state index is 5.38. The first-order valence-corrected chi connectivity index (χ1v) is 13.2. The molecule has 0 aliphatic carbocycles. The summed E-state index contributed by atoms with van der Waals surface area (Å²) < 4.78 is 0. The topological polar surface area (TPSA) is 24.7 Å². The molecule has 0 aliphatic heterocycles. The van der Waals surface area contributed by atoms with Crippen molar-refractivity contribution >= 4 is 0 Å². The van der Waals surface area contributed by atoms with Crippen LogP contribution in [0.4, 0.5) is 0 Å². The third kappa shape index (κ3) is 7.29. The van der Waals surface area contributed by atoms with Crippen LogP contribution in [-0.2, 0) is 11.1 Å². The molecular weight excluding hydrogens is 388 g/mol. The smallest absolute Gasteiger partial charge is 0.106 e. The molecule has 0 aliphatic rings. The Bertz CT molecular complexity index is 669. The van der Waals surface area contributed by atoms with E-state index in [1.807, 2.05) is 0 Å². The monoisotopic (exact) mass is 434 g/mol. The van der Waals surface area contributed by atoms with Gasteiger partial charge < -0.3 is 0 Å². The molecule has 0 saturated carbocycles. The molecule has 176 valence electrons. The number of nitrogens with zero attached hydrogens (tertiary/aromatic N) is 2. The predicted molar refractivity (Wildman–Crippen MR) is 139 cm³/mol. The summed E-state index contributed by atoms with van der Waals surface area (Å²) in [6, 6.07) is 22.0.